The van der Waals surface area contributed by atoms with Gasteiger partial charge in [0.05, 0.1) is 6.61 Å². The minimum Gasteiger partial charge on any atom is -0.479 e. The van der Waals surface area contributed by atoms with Gasteiger partial charge in [0.2, 0.25) is 11.8 Å². The maximum absolute atomic E-state index is 11.4. The van der Waals surface area contributed by atoms with Crippen molar-refractivity contribution in [1.82, 2.24) is 4.90 Å². The Bertz CT molecular complexity index is 298. The van der Waals surface area contributed by atoms with E-state index in [1.165, 1.54) is 14.0 Å². The molecule has 1 atom stereocenters. The molecule has 1 N–H and O–H groups in total. The van der Waals surface area contributed by atoms with Crippen molar-refractivity contribution in [2.45, 2.75) is 25.3 Å². The third-order valence-electron chi connectivity index (χ3n) is 2.43. The van der Waals surface area contributed by atoms with Gasteiger partial charge in [-0.15, -0.1) is 0 Å². The Hall–Kier alpha value is -1.43. The van der Waals surface area contributed by atoms with Crippen LogP contribution in [0.15, 0.2) is 0 Å². The first-order chi connectivity index (χ1) is 6.93. The summed E-state index contributed by atoms with van der Waals surface area (Å²) < 4.78 is 4.75. The van der Waals surface area contributed by atoms with Crippen LogP contribution in [0.1, 0.15) is 19.8 Å². The lowest BCUT2D eigenvalue weighted by Gasteiger charge is -2.32. The zero-order valence-corrected chi connectivity index (χ0v) is 8.65. The van der Waals surface area contributed by atoms with Crippen LogP contribution in [0.5, 0.6) is 0 Å². The molecule has 0 aromatic carbocycles. The van der Waals surface area contributed by atoms with Gasteiger partial charge in [0.1, 0.15) is 0 Å². The molecule has 6 nitrogen and oxygen atoms in total. The zero-order valence-electron chi connectivity index (χ0n) is 8.65. The molecule has 0 radical (unpaired) electrons. The molecule has 1 unspecified atom stereocenters. The van der Waals surface area contributed by atoms with Crippen LogP contribution >= 0.6 is 0 Å². The molecule has 0 saturated carbocycles. The molecule has 1 aliphatic rings. The van der Waals surface area contributed by atoms with E-state index in [1.807, 2.05) is 0 Å². The van der Waals surface area contributed by atoms with Gasteiger partial charge in [-0.3, -0.25) is 14.5 Å². The second-order valence-electron chi connectivity index (χ2n) is 3.63. The van der Waals surface area contributed by atoms with Crippen LogP contribution in [-0.2, 0) is 19.1 Å². The molecule has 0 bridgehead atoms. The summed E-state index contributed by atoms with van der Waals surface area (Å²) in [7, 11) is 1.33. The van der Waals surface area contributed by atoms with Crippen molar-refractivity contribution < 1.29 is 24.2 Å². The normalized spacial score (nSPS) is 20.5. The highest BCUT2D eigenvalue weighted by Crippen LogP contribution is 2.24. The van der Waals surface area contributed by atoms with E-state index < -0.39 is 23.3 Å². The lowest BCUT2D eigenvalue weighted by molar-refractivity contribution is -0.165. The lowest BCUT2D eigenvalue weighted by Crippen LogP contribution is -2.57. The Morgan fingerprint density at radius 3 is 2.27 bits per heavy atom. The SMILES string of the molecule is COCC(C)(C(=O)O)N1C(=O)CCC1=O. The highest BCUT2D eigenvalue weighted by molar-refractivity contribution is 6.06. The molecular weight excluding hydrogens is 202 g/mol. The summed E-state index contributed by atoms with van der Waals surface area (Å²) in [4.78, 5) is 34.6. The summed E-state index contributed by atoms with van der Waals surface area (Å²) in [5.74, 6) is -2.16. The number of amides is 2. The first kappa shape index (κ1) is 11.6. The van der Waals surface area contributed by atoms with Crippen molar-refractivity contribution in [1.29, 1.82) is 0 Å². The number of carboxylic acids is 1. The maximum Gasteiger partial charge on any atom is 0.332 e. The van der Waals surface area contributed by atoms with Gasteiger partial charge in [0, 0.05) is 20.0 Å². The minimum absolute atomic E-state index is 0.0748. The number of methoxy groups -OCH3 is 1. The quantitative estimate of drug-likeness (QED) is 0.646. The predicted octanol–water partition coefficient (Wildman–Crippen LogP) is -0.375. The Labute approximate surface area is 86.8 Å². The second-order valence-corrected chi connectivity index (χ2v) is 3.63. The van der Waals surface area contributed by atoms with Gasteiger partial charge >= 0.3 is 5.97 Å². The molecule has 0 aromatic heterocycles. The highest BCUT2D eigenvalue weighted by Gasteiger charge is 2.48. The number of aliphatic carboxylic acids is 1. The molecule has 1 saturated heterocycles. The molecule has 0 spiro atoms. The fourth-order valence-electron chi connectivity index (χ4n) is 1.63. The van der Waals surface area contributed by atoms with Crippen LogP contribution in [0, 0.1) is 0 Å². The number of ether oxygens (including phenoxy) is 1. The zero-order chi connectivity index (χ0) is 11.6. The van der Waals surface area contributed by atoms with Gasteiger partial charge in [-0.2, -0.15) is 0 Å². The average Bonchev–Trinajstić information content (AvgIpc) is 2.46. The maximum atomic E-state index is 11.4. The number of rotatable bonds is 4. The molecule has 2 amide bonds. The first-order valence-corrected chi connectivity index (χ1v) is 4.51. The van der Waals surface area contributed by atoms with Gasteiger partial charge < -0.3 is 9.84 Å². The van der Waals surface area contributed by atoms with E-state index in [0.717, 1.165) is 4.90 Å². The van der Waals surface area contributed by atoms with E-state index in [1.54, 1.807) is 0 Å². The Morgan fingerprint density at radius 1 is 1.47 bits per heavy atom. The largest absolute Gasteiger partial charge is 0.479 e. The monoisotopic (exact) mass is 215 g/mol. The number of carboxylic acid groups (broad SMARTS) is 1. The second kappa shape index (κ2) is 3.98. The van der Waals surface area contributed by atoms with Crippen molar-refractivity contribution in [3.8, 4) is 0 Å². The third kappa shape index (κ3) is 1.85. The molecule has 0 aliphatic carbocycles. The van der Waals surface area contributed by atoms with Crippen molar-refractivity contribution in [3.05, 3.63) is 0 Å². The van der Waals surface area contributed by atoms with E-state index in [4.69, 9.17) is 9.84 Å². The first-order valence-electron chi connectivity index (χ1n) is 4.51. The fourth-order valence-corrected chi connectivity index (χ4v) is 1.63. The van der Waals surface area contributed by atoms with E-state index in [-0.39, 0.29) is 19.4 Å². The summed E-state index contributed by atoms with van der Waals surface area (Å²) in [5, 5.41) is 9.03. The number of carbonyl (C=O) groups is 3. The smallest absolute Gasteiger partial charge is 0.332 e. The number of hydrogen-bond donors (Lipinski definition) is 1. The van der Waals surface area contributed by atoms with Crippen molar-refractivity contribution in [3.63, 3.8) is 0 Å². The third-order valence-corrected chi connectivity index (χ3v) is 2.43. The van der Waals surface area contributed by atoms with E-state index in [9.17, 15) is 14.4 Å². The molecule has 1 heterocycles. The van der Waals surface area contributed by atoms with Gasteiger partial charge in [0.25, 0.3) is 0 Å². The van der Waals surface area contributed by atoms with Crippen LogP contribution in [0.4, 0.5) is 0 Å². The van der Waals surface area contributed by atoms with Crippen LogP contribution in [0.3, 0.4) is 0 Å². The van der Waals surface area contributed by atoms with Crippen molar-refractivity contribution in [2.24, 2.45) is 0 Å². The minimum atomic E-state index is -1.60. The molecule has 1 aliphatic heterocycles. The molecule has 0 aromatic rings. The highest BCUT2D eigenvalue weighted by atomic mass is 16.5. The predicted molar refractivity (Wildman–Crippen MR) is 49.0 cm³/mol. The summed E-state index contributed by atoms with van der Waals surface area (Å²) in [5.41, 5.74) is -1.60. The molecule has 6 heteroatoms. The molecule has 1 rings (SSSR count). The van der Waals surface area contributed by atoms with Gasteiger partial charge in [-0.1, -0.05) is 0 Å². The molecule has 15 heavy (non-hydrogen) atoms. The van der Waals surface area contributed by atoms with E-state index in [0.29, 0.717) is 0 Å². The number of hydrogen-bond acceptors (Lipinski definition) is 4. The Kier molecular flexibility index (Phi) is 3.09. The summed E-state index contributed by atoms with van der Waals surface area (Å²) in [6, 6.07) is 0. The van der Waals surface area contributed by atoms with Gasteiger partial charge in [0.15, 0.2) is 5.54 Å². The average molecular weight is 215 g/mol. The van der Waals surface area contributed by atoms with Gasteiger partial charge in [-0.25, -0.2) is 4.79 Å². The van der Waals surface area contributed by atoms with Crippen LogP contribution in [-0.4, -0.2) is 47.0 Å². The molecule has 84 valence electrons. The van der Waals surface area contributed by atoms with E-state index in [2.05, 4.69) is 0 Å². The summed E-state index contributed by atoms with van der Waals surface area (Å²) in [6.45, 7) is 1.10. The summed E-state index contributed by atoms with van der Waals surface area (Å²) in [6.07, 6.45) is 0.150. The number of imide groups is 1. The van der Waals surface area contributed by atoms with Crippen molar-refractivity contribution in [2.75, 3.05) is 13.7 Å². The van der Waals surface area contributed by atoms with Crippen LogP contribution in [0.25, 0.3) is 0 Å². The number of likely N-dealkylation sites (tertiary alicyclic amines) is 1. The topological polar surface area (TPSA) is 83.9 Å². The van der Waals surface area contributed by atoms with Crippen LogP contribution < -0.4 is 0 Å². The standard InChI is InChI=1S/C9H13NO5/c1-9(5-15-2,8(13)14)10-6(11)3-4-7(10)12/h3-5H2,1-2H3,(H,13,14). The van der Waals surface area contributed by atoms with Crippen LogP contribution in [0.2, 0.25) is 0 Å². The molecular formula is C9H13NO5. The number of carbonyl (C=O) groups excluding carboxylic acids is 2. The van der Waals surface area contributed by atoms with E-state index >= 15 is 0 Å². The lowest BCUT2D eigenvalue weighted by atomic mass is 10.0. The molecule has 1 fully saturated rings. The number of nitrogens with zero attached hydrogens (tertiary/aromatic N) is 1. The fraction of sp³-hybridized carbons (Fsp3) is 0.667. The van der Waals surface area contributed by atoms with Gasteiger partial charge in [-0.05, 0) is 6.92 Å². The Morgan fingerprint density at radius 2 is 1.93 bits per heavy atom. The van der Waals surface area contributed by atoms with Crippen molar-refractivity contribution >= 4 is 17.8 Å². The Balaban J connectivity index is 3.03. The summed E-state index contributed by atoms with van der Waals surface area (Å²) >= 11 is 0.